The molecule has 0 saturated carbocycles. The van der Waals surface area contributed by atoms with Gasteiger partial charge in [-0.2, -0.15) is 13.2 Å². The van der Waals surface area contributed by atoms with Crippen LogP contribution in [0, 0.1) is 0 Å². The van der Waals surface area contributed by atoms with E-state index in [0.29, 0.717) is 6.20 Å². The molecule has 1 rings (SSSR count). The Balaban J connectivity index is 3.51. The molecule has 90 valence electrons. The van der Waals surface area contributed by atoms with E-state index in [2.05, 4.69) is 4.74 Å². The van der Waals surface area contributed by atoms with E-state index in [1.54, 1.807) is 0 Å². The fourth-order valence-electron chi connectivity index (χ4n) is 1.11. The summed E-state index contributed by atoms with van der Waals surface area (Å²) in [6.45, 7) is 0. The molecule has 0 aliphatic rings. The Morgan fingerprint density at radius 3 is 2.31 bits per heavy atom. The molecule has 1 N–H and O–H groups in total. The molecule has 0 fully saturated rings. The molecule has 0 spiro atoms. The normalized spacial score (nSPS) is 11.9. The maximum atomic E-state index is 12.4. The van der Waals surface area contributed by atoms with Crippen molar-refractivity contribution in [2.75, 3.05) is 7.11 Å². The van der Waals surface area contributed by atoms with Crippen LogP contribution in [-0.2, 0) is 6.18 Å². The molecule has 1 heterocycles. The van der Waals surface area contributed by atoms with Crippen LogP contribution in [0.2, 0.25) is 0 Å². The highest BCUT2D eigenvalue weighted by atomic mass is 19.4. The summed E-state index contributed by atoms with van der Waals surface area (Å²) in [4.78, 5) is 13.0. The number of rotatable bonds is 2. The molecule has 0 bridgehead atoms. The van der Waals surface area contributed by atoms with Gasteiger partial charge in [0.15, 0.2) is 0 Å². The zero-order chi connectivity index (χ0) is 12.5. The highest BCUT2D eigenvalue weighted by Crippen LogP contribution is 2.30. The fourth-order valence-corrected chi connectivity index (χ4v) is 1.11. The molecular weight excluding hydrogens is 237 g/mol. The van der Waals surface area contributed by atoms with E-state index in [1.165, 1.54) is 0 Å². The van der Waals surface area contributed by atoms with Gasteiger partial charge in [-0.15, -0.1) is 0 Å². The molecule has 0 aromatic carbocycles. The highest BCUT2D eigenvalue weighted by Gasteiger charge is 2.36. The number of methoxy groups -OCH3 is 1. The van der Waals surface area contributed by atoms with Gasteiger partial charge in [-0.3, -0.25) is 4.79 Å². The molecule has 1 aromatic rings. The first-order valence-electron chi connectivity index (χ1n) is 3.94. The molecule has 1 aromatic heterocycles. The Morgan fingerprint density at radius 2 is 1.94 bits per heavy atom. The summed E-state index contributed by atoms with van der Waals surface area (Å²) in [5.74, 6) is -0.673. The maximum absolute atomic E-state index is 12.4. The van der Waals surface area contributed by atoms with Gasteiger partial charge in [-0.25, -0.2) is 8.78 Å². The fraction of sp³-hybridized carbons (Fsp3) is 0.375. The summed E-state index contributed by atoms with van der Waals surface area (Å²) in [5.41, 5.74) is -4.78. The molecule has 16 heavy (non-hydrogen) atoms. The van der Waals surface area contributed by atoms with Crippen LogP contribution < -0.4 is 10.2 Å². The number of halogens is 5. The van der Waals surface area contributed by atoms with Crippen LogP contribution in [-0.4, -0.2) is 12.1 Å². The van der Waals surface area contributed by atoms with Gasteiger partial charge in [0.05, 0.1) is 7.11 Å². The van der Waals surface area contributed by atoms with Crippen molar-refractivity contribution >= 4 is 0 Å². The van der Waals surface area contributed by atoms with Crippen LogP contribution in [0.3, 0.4) is 0 Å². The quantitative estimate of drug-likeness (QED) is 0.810. The number of aromatic amines is 1. The molecule has 0 unspecified atom stereocenters. The third-order valence-electron chi connectivity index (χ3n) is 1.81. The smallest absolute Gasteiger partial charge is 0.421 e. The van der Waals surface area contributed by atoms with Crippen molar-refractivity contribution in [2.24, 2.45) is 0 Å². The average molecular weight is 243 g/mol. The van der Waals surface area contributed by atoms with Crippen molar-refractivity contribution in [1.29, 1.82) is 0 Å². The Bertz CT molecular complexity index is 437. The first-order chi connectivity index (χ1) is 7.29. The SMILES string of the molecule is COc1[nH]cc(C(F)(F)F)c(=O)c1C(F)F. The molecule has 0 aliphatic heterocycles. The predicted molar refractivity (Wildman–Crippen MR) is 43.6 cm³/mol. The van der Waals surface area contributed by atoms with Gasteiger partial charge in [-0.05, 0) is 0 Å². The lowest BCUT2D eigenvalue weighted by atomic mass is 10.2. The van der Waals surface area contributed by atoms with Crippen LogP contribution in [0.4, 0.5) is 22.0 Å². The summed E-state index contributed by atoms with van der Waals surface area (Å²) < 4.78 is 65.8. The molecular formula is C8H6F5NO2. The van der Waals surface area contributed by atoms with E-state index in [-0.39, 0.29) is 0 Å². The van der Waals surface area contributed by atoms with Crippen LogP contribution in [0.25, 0.3) is 0 Å². The van der Waals surface area contributed by atoms with Gasteiger partial charge in [0, 0.05) is 6.20 Å². The molecule has 8 heteroatoms. The van der Waals surface area contributed by atoms with Crippen molar-refractivity contribution in [2.45, 2.75) is 12.6 Å². The molecule has 0 radical (unpaired) electrons. The lowest BCUT2D eigenvalue weighted by Gasteiger charge is -2.10. The zero-order valence-corrected chi connectivity index (χ0v) is 7.86. The van der Waals surface area contributed by atoms with Gasteiger partial charge in [0.1, 0.15) is 11.1 Å². The van der Waals surface area contributed by atoms with Crippen molar-refractivity contribution in [3.05, 3.63) is 27.5 Å². The molecule has 0 amide bonds. The van der Waals surface area contributed by atoms with E-state index in [9.17, 15) is 26.7 Å². The lowest BCUT2D eigenvalue weighted by Crippen LogP contribution is -2.23. The maximum Gasteiger partial charge on any atom is 0.421 e. The van der Waals surface area contributed by atoms with Crippen molar-refractivity contribution < 1.29 is 26.7 Å². The standard InChI is InChI=1S/C8H6F5NO2/c1-16-7-4(6(9)10)5(15)3(2-14-7)8(11,12)13/h2,6H,1H3,(H,14,15). The molecule has 0 saturated heterocycles. The van der Waals surface area contributed by atoms with Gasteiger partial charge in [-0.1, -0.05) is 0 Å². The number of pyridine rings is 1. The molecule has 0 atom stereocenters. The van der Waals surface area contributed by atoms with E-state index >= 15 is 0 Å². The predicted octanol–water partition coefficient (Wildman–Crippen LogP) is 2.34. The first-order valence-corrected chi connectivity index (χ1v) is 3.94. The summed E-state index contributed by atoms with van der Waals surface area (Å²) in [6, 6.07) is 0. The molecule has 3 nitrogen and oxygen atoms in total. The summed E-state index contributed by atoms with van der Waals surface area (Å²) in [7, 11) is 0.963. The Morgan fingerprint density at radius 1 is 1.38 bits per heavy atom. The second-order valence-electron chi connectivity index (χ2n) is 2.78. The van der Waals surface area contributed by atoms with Gasteiger partial charge in [0.2, 0.25) is 11.3 Å². The van der Waals surface area contributed by atoms with E-state index in [0.717, 1.165) is 7.11 Å². The number of aromatic nitrogens is 1. The highest BCUT2D eigenvalue weighted by molar-refractivity contribution is 5.32. The first kappa shape index (κ1) is 12.5. The third kappa shape index (κ3) is 2.15. The van der Waals surface area contributed by atoms with Gasteiger partial charge < -0.3 is 9.72 Å². The number of nitrogens with one attached hydrogen (secondary N) is 1. The van der Waals surface area contributed by atoms with Gasteiger partial charge in [0.25, 0.3) is 6.43 Å². The number of hydrogen-bond donors (Lipinski definition) is 1. The van der Waals surface area contributed by atoms with Crippen LogP contribution in [0.15, 0.2) is 11.0 Å². The third-order valence-corrected chi connectivity index (χ3v) is 1.81. The van der Waals surface area contributed by atoms with Crippen molar-refractivity contribution in [3.63, 3.8) is 0 Å². The van der Waals surface area contributed by atoms with Crippen molar-refractivity contribution in [3.8, 4) is 5.88 Å². The number of H-pyrrole nitrogens is 1. The minimum Gasteiger partial charge on any atom is -0.482 e. The second-order valence-corrected chi connectivity index (χ2v) is 2.78. The number of hydrogen-bond acceptors (Lipinski definition) is 2. The van der Waals surface area contributed by atoms with Crippen LogP contribution in [0.5, 0.6) is 5.88 Å². The minimum absolute atomic E-state index is 0.299. The largest absolute Gasteiger partial charge is 0.482 e. The van der Waals surface area contributed by atoms with E-state index in [1.807, 2.05) is 4.98 Å². The summed E-state index contributed by atoms with van der Waals surface area (Å²) in [6.07, 6.45) is -8.03. The number of ether oxygens (including phenoxy) is 1. The lowest BCUT2D eigenvalue weighted by molar-refractivity contribution is -0.138. The van der Waals surface area contributed by atoms with Crippen LogP contribution in [0.1, 0.15) is 17.6 Å². The monoisotopic (exact) mass is 243 g/mol. The number of alkyl halides is 5. The average Bonchev–Trinajstić information content (AvgIpc) is 2.14. The van der Waals surface area contributed by atoms with Crippen molar-refractivity contribution in [1.82, 2.24) is 4.98 Å². The Labute approximate surface area is 85.8 Å². The van der Waals surface area contributed by atoms with Gasteiger partial charge >= 0.3 is 6.18 Å². The van der Waals surface area contributed by atoms with E-state index in [4.69, 9.17) is 0 Å². The van der Waals surface area contributed by atoms with Crippen LogP contribution >= 0.6 is 0 Å². The summed E-state index contributed by atoms with van der Waals surface area (Å²) >= 11 is 0. The zero-order valence-electron chi connectivity index (χ0n) is 7.86. The summed E-state index contributed by atoms with van der Waals surface area (Å²) in [5, 5.41) is 0. The Hall–Kier alpha value is -1.60. The molecule has 0 aliphatic carbocycles. The van der Waals surface area contributed by atoms with E-state index < -0.39 is 35.0 Å². The minimum atomic E-state index is -4.98. The topological polar surface area (TPSA) is 42.1 Å². The second kappa shape index (κ2) is 4.11. The Kier molecular flexibility index (Phi) is 3.20.